The molecular weight excluding hydrogens is 302 g/mol. The van der Waals surface area contributed by atoms with Crippen molar-refractivity contribution in [2.24, 2.45) is 0 Å². The number of carbonyl (C=O) groups is 1. The zero-order valence-corrected chi connectivity index (χ0v) is 13.9. The van der Waals surface area contributed by atoms with Crippen molar-refractivity contribution in [3.8, 4) is 0 Å². The molecule has 4 nitrogen and oxygen atoms in total. The Hall–Kier alpha value is -1.53. The molecule has 1 aliphatic heterocycles. The highest BCUT2D eigenvalue weighted by Gasteiger charge is 2.31. The minimum absolute atomic E-state index is 0.191. The van der Waals surface area contributed by atoms with Crippen LogP contribution in [0.1, 0.15) is 30.6 Å². The van der Waals surface area contributed by atoms with E-state index in [0.29, 0.717) is 19.7 Å². The molecule has 1 aliphatic rings. The molecule has 1 amide bonds. The van der Waals surface area contributed by atoms with E-state index < -0.39 is 11.6 Å². The third-order valence-corrected chi connectivity index (χ3v) is 4.32. The standard InChI is InChI=1S/C17H24F2N2O2/c1-12-10-20(11-13(2)21(12)7-4-8-23-3)17(22)14-5-6-15(18)16(19)9-14/h5-6,9,12-13H,4,7-8,10-11H2,1-3H3. The van der Waals surface area contributed by atoms with Crippen molar-refractivity contribution in [1.29, 1.82) is 0 Å². The number of ether oxygens (including phenoxy) is 1. The second-order valence-electron chi connectivity index (χ2n) is 6.12. The summed E-state index contributed by atoms with van der Waals surface area (Å²) >= 11 is 0. The maximum Gasteiger partial charge on any atom is 0.254 e. The lowest BCUT2D eigenvalue weighted by molar-refractivity contribution is 0.0270. The Kier molecular flexibility index (Phi) is 6.07. The molecule has 2 atom stereocenters. The van der Waals surface area contributed by atoms with Crippen LogP contribution in [0.5, 0.6) is 0 Å². The topological polar surface area (TPSA) is 32.8 Å². The summed E-state index contributed by atoms with van der Waals surface area (Å²) in [5, 5.41) is 0. The van der Waals surface area contributed by atoms with Gasteiger partial charge in [-0.05, 0) is 38.5 Å². The van der Waals surface area contributed by atoms with E-state index in [9.17, 15) is 13.6 Å². The minimum Gasteiger partial charge on any atom is -0.385 e. The smallest absolute Gasteiger partial charge is 0.254 e. The lowest BCUT2D eigenvalue weighted by atomic mass is 10.1. The summed E-state index contributed by atoms with van der Waals surface area (Å²) in [5.41, 5.74) is 0.191. The lowest BCUT2D eigenvalue weighted by Crippen LogP contribution is -2.58. The second-order valence-corrected chi connectivity index (χ2v) is 6.12. The first-order valence-corrected chi connectivity index (χ1v) is 7.93. The Balaban J connectivity index is 2.02. The average molecular weight is 326 g/mol. The highest BCUT2D eigenvalue weighted by molar-refractivity contribution is 5.94. The van der Waals surface area contributed by atoms with Gasteiger partial charge in [-0.25, -0.2) is 8.78 Å². The molecule has 1 fully saturated rings. The van der Waals surface area contributed by atoms with Gasteiger partial charge in [-0.1, -0.05) is 0 Å². The maximum atomic E-state index is 13.3. The van der Waals surface area contributed by atoms with E-state index >= 15 is 0 Å². The zero-order valence-electron chi connectivity index (χ0n) is 13.9. The van der Waals surface area contributed by atoms with Gasteiger partial charge in [0.1, 0.15) is 0 Å². The SMILES string of the molecule is COCCCN1C(C)CN(C(=O)c2ccc(F)c(F)c2)CC1C. The number of nitrogens with zero attached hydrogens (tertiary/aromatic N) is 2. The third-order valence-electron chi connectivity index (χ3n) is 4.32. The van der Waals surface area contributed by atoms with Crippen molar-refractivity contribution in [1.82, 2.24) is 9.80 Å². The van der Waals surface area contributed by atoms with Gasteiger partial charge in [0.15, 0.2) is 11.6 Å². The molecule has 0 radical (unpaired) electrons. The summed E-state index contributed by atoms with van der Waals surface area (Å²) < 4.78 is 31.4. The second kappa shape index (κ2) is 7.84. The summed E-state index contributed by atoms with van der Waals surface area (Å²) in [7, 11) is 1.69. The van der Waals surface area contributed by atoms with Crippen LogP contribution in [0.3, 0.4) is 0 Å². The predicted molar refractivity (Wildman–Crippen MR) is 84.4 cm³/mol. The molecule has 23 heavy (non-hydrogen) atoms. The van der Waals surface area contributed by atoms with E-state index in [0.717, 1.165) is 25.1 Å². The van der Waals surface area contributed by atoms with Gasteiger partial charge in [-0.3, -0.25) is 9.69 Å². The normalized spacial score (nSPS) is 22.4. The summed E-state index contributed by atoms with van der Waals surface area (Å²) in [5.74, 6) is -2.18. The van der Waals surface area contributed by atoms with Crippen molar-refractivity contribution in [2.45, 2.75) is 32.4 Å². The van der Waals surface area contributed by atoms with Crippen molar-refractivity contribution in [2.75, 3.05) is 33.4 Å². The molecule has 0 aliphatic carbocycles. The van der Waals surface area contributed by atoms with Gasteiger partial charge in [0.25, 0.3) is 5.91 Å². The average Bonchev–Trinajstić information content (AvgIpc) is 2.52. The van der Waals surface area contributed by atoms with Gasteiger partial charge >= 0.3 is 0 Å². The molecular formula is C17H24F2N2O2. The molecule has 0 bridgehead atoms. The molecule has 1 aromatic carbocycles. The number of carbonyl (C=O) groups excluding carboxylic acids is 1. The maximum absolute atomic E-state index is 13.3. The van der Waals surface area contributed by atoms with Crippen molar-refractivity contribution in [3.05, 3.63) is 35.4 Å². The van der Waals surface area contributed by atoms with Crippen molar-refractivity contribution >= 4 is 5.91 Å². The molecule has 2 rings (SSSR count). The summed E-state index contributed by atoms with van der Waals surface area (Å²) in [4.78, 5) is 16.6. The van der Waals surface area contributed by atoms with Crippen LogP contribution in [0.4, 0.5) is 8.78 Å². The highest BCUT2D eigenvalue weighted by atomic mass is 19.2. The van der Waals surface area contributed by atoms with Gasteiger partial charge in [0.2, 0.25) is 0 Å². The van der Waals surface area contributed by atoms with E-state index in [1.54, 1.807) is 12.0 Å². The number of halogens is 2. The highest BCUT2D eigenvalue weighted by Crippen LogP contribution is 2.19. The number of hydrogen-bond donors (Lipinski definition) is 0. The minimum atomic E-state index is -0.991. The fraction of sp³-hybridized carbons (Fsp3) is 0.588. The Labute approximate surface area is 136 Å². The van der Waals surface area contributed by atoms with Gasteiger partial charge < -0.3 is 9.64 Å². The van der Waals surface area contributed by atoms with E-state index in [-0.39, 0.29) is 23.6 Å². The van der Waals surface area contributed by atoms with Crippen molar-refractivity contribution in [3.63, 3.8) is 0 Å². The molecule has 6 heteroatoms. The summed E-state index contributed by atoms with van der Waals surface area (Å²) in [6, 6.07) is 3.73. The molecule has 1 aromatic rings. The number of piperazine rings is 1. The molecule has 0 saturated carbocycles. The largest absolute Gasteiger partial charge is 0.385 e. The Bertz CT molecular complexity index is 541. The first-order valence-electron chi connectivity index (χ1n) is 7.93. The van der Waals surface area contributed by atoms with Crippen molar-refractivity contribution < 1.29 is 18.3 Å². The lowest BCUT2D eigenvalue weighted by Gasteiger charge is -2.44. The Morgan fingerprint density at radius 2 is 1.87 bits per heavy atom. The fourth-order valence-corrected chi connectivity index (χ4v) is 3.17. The van der Waals surface area contributed by atoms with Crippen LogP contribution in [0.15, 0.2) is 18.2 Å². The van der Waals surface area contributed by atoms with Crippen LogP contribution in [0, 0.1) is 11.6 Å². The third kappa shape index (κ3) is 4.26. The van der Waals surface area contributed by atoms with Crippen LogP contribution in [-0.4, -0.2) is 61.1 Å². The zero-order chi connectivity index (χ0) is 17.0. The van der Waals surface area contributed by atoms with Gasteiger partial charge in [-0.2, -0.15) is 0 Å². The summed E-state index contributed by atoms with van der Waals surface area (Å²) in [6.45, 7) is 6.95. The van der Waals surface area contributed by atoms with E-state index in [1.165, 1.54) is 6.07 Å². The quantitative estimate of drug-likeness (QED) is 0.780. The number of rotatable bonds is 5. The van der Waals surface area contributed by atoms with E-state index in [2.05, 4.69) is 18.7 Å². The number of methoxy groups -OCH3 is 1. The van der Waals surface area contributed by atoms with E-state index in [4.69, 9.17) is 4.74 Å². The molecule has 2 unspecified atom stereocenters. The van der Waals surface area contributed by atoms with Crippen LogP contribution >= 0.6 is 0 Å². The van der Waals surface area contributed by atoms with E-state index in [1.807, 2.05) is 0 Å². The molecule has 128 valence electrons. The number of amides is 1. The number of benzene rings is 1. The first-order chi connectivity index (χ1) is 10.9. The fourth-order valence-electron chi connectivity index (χ4n) is 3.17. The molecule has 1 heterocycles. The molecule has 1 saturated heterocycles. The Morgan fingerprint density at radius 3 is 2.43 bits per heavy atom. The number of hydrogen-bond acceptors (Lipinski definition) is 3. The summed E-state index contributed by atoms with van der Waals surface area (Å²) in [6.07, 6.45) is 0.947. The van der Waals surface area contributed by atoms with Gasteiger partial charge in [0, 0.05) is 51.0 Å². The molecule has 0 spiro atoms. The molecule has 0 N–H and O–H groups in total. The van der Waals surface area contributed by atoms with Crippen LogP contribution < -0.4 is 0 Å². The van der Waals surface area contributed by atoms with Crippen LogP contribution in [0.25, 0.3) is 0 Å². The predicted octanol–water partition coefficient (Wildman–Crippen LogP) is 2.54. The molecule has 0 aromatic heterocycles. The van der Waals surface area contributed by atoms with Gasteiger partial charge in [0.05, 0.1) is 0 Å². The Morgan fingerprint density at radius 1 is 1.22 bits per heavy atom. The van der Waals surface area contributed by atoms with Crippen LogP contribution in [0.2, 0.25) is 0 Å². The van der Waals surface area contributed by atoms with Crippen LogP contribution in [-0.2, 0) is 4.74 Å². The van der Waals surface area contributed by atoms with Gasteiger partial charge in [-0.15, -0.1) is 0 Å². The monoisotopic (exact) mass is 326 g/mol. The first kappa shape index (κ1) is 17.8.